The lowest BCUT2D eigenvalue weighted by atomic mass is 9.58. The molecular weight excluding hydrogens is 660 g/mol. The maximum Gasteiger partial charge on any atom is 0.271 e. The fourth-order valence-electron chi connectivity index (χ4n) is 6.39. The van der Waals surface area contributed by atoms with Crippen LogP contribution in [0.5, 0.6) is 0 Å². The molecule has 0 spiro atoms. The van der Waals surface area contributed by atoms with E-state index in [1.54, 1.807) is 0 Å². The Balaban J connectivity index is 1.78. The first-order chi connectivity index (χ1) is 13.6. The van der Waals surface area contributed by atoms with Gasteiger partial charge in [0.2, 0.25) is 0 Å². The van der Waals surface area contributed by atoms with E-state index in [-0.39, 0.29) is 37.1 Å². The number of hydrogen-bond acceptors (Lipinski definition) is 5. The van der Waals surface area contributed by atoms with Gasteiger partial charge in [0, 0.05) is 25.2 Å². The fraction of sp³-hybridized carbons (Fsp3) is 1.00. The lowest BCUT2D eigenvalue weighted by Crippen LogP contribution is -2.59. The predicted octanol–water partition coefficient (Wildman–Crippen LogP) is 4.24. The third kappa shape index (κ3) is 4.10. The van der Waals surface area contributed by atoms with Crippen LogP contribution < -0.4 is 0 Å². The Kier molecular flexibility index (Phi) is 7.28. The Morgan fingerprint density at radius 1 is 0.759 bits per heavy atom. The third-order valence-electron chi connectivity index (χ3n) is 7.71. The monoisotopic (exact) mass is 684 g/mol. The Bertz CT molecular complexity index is 667. The van der Waals surface area contributed by atoms with Crippen LogP contribution >= 0.6 is 63.7 Å². The van der Waals surface area contributed by atoms with E-state index < -0.39 is 33.2 Å². The molecule has 4 aliphatic rings. The molecule has 6 atom stereocenters. The summed E-state index contributed by atoms with van der Waals surface area (Å²) in [6.07, 6.45) is 5.19. The molecule has 168 valence electrons. The zero-order valence-corrected chi connectivity index (χ0v) is 23.1. The van der Waals surface area contributed by atoms with Gasteiger partial charge in [0.1, 0.15) is 0 Å². The van der Waals surface area contributed by atoms with Gasteiger partial charge in [0.05, 0.1) is 23.1 Å². The largest absolute Gasteiger partial charge is 0.391 e. The zero-order valence-electron chi connectivity index (χ0n) is 16.0. The van der Waals surface area contributed by atoms with Crippen LogP contribution in [0.4, 0.5) is 0 Å². The highest BCUT2D eigenvalue weighted by Gasteiger charge is 2.66. The summed E-state index contributed by atoms with van der Waals surface area (Å²) in [6, 6.07) is 0. The molecule has 0 aromatic rings. The molecule has 4 fully saturated rings. The Labute approximate surface area is 206 Å². The second kappa shape index (κ2) is 8.84. The summed E-state index contributed by atoms with van der Waals surface area (Å²) in [7, 11) is -3.64. The van der Waals surface area contributed by atoms with Crippen LogP contribution in [0.1, 0.15) is 51.4 Å². The van der Waals surface area contributed by atoms with E-state index in [0.29, 0.717) is 32.1 Å². The van der Waals surface area contributed by atoms with Gasteiger partial charge in [-0.1, -0.05) is 76.6 Å². The third-order valence-corrected chi connectivity index (χ3v) is 13.2. The normalized spacial score (nSPS) is 55.4. The number of hydrogen-bond donors (Lipinski definition) is 2. The molecule has 0 bridgehead atoms. The molecular formula is C19H28Br4O5S. The summed E-state index contributed by atoms with van der Waals surface area (Å²) in [4.78, 5) is -0.425. The van der Waals surface area contributed by atoms with E-state index in [0.717, 1.165) is 19.3 Å². The van der Waals surface area contributed by atoms with Gasteiger partial charge in [-0.15, -0.1) is 0 Å². The molecule has 29 heavy (non-hydrogen) atoms. The topological polar surface area (TPSA) is 83.8 Å². The number of fused-ring (bicyclic) bond motifs is 1. The van der Waals surface area contributed by atoms with Crippen molar-refractivity contribution in [2.75, 3.05) is 0 Å². The molecule has 1 aliphatic heterocycles. The van der Waals surface area contributed by atoms with Gasteiger partial charge in [0.25, 0.3) is 10.1 Å². The summed E-state index contributed by atoms with van der Waals surface area (Å²) in [5.74, 6) is 0.00451. The molecule has 0 radical (unpaired) electrons. The van der Waals surface area contributed by atoms with E-state index in [1.807, 2.05) is 0 Å². The van der Waals surface area contributed by atoms with Crippen LogP contribution in [0.2, 0.25) is 0 Å². The number of aliphatic hydroxyl groups is 2. The Morgan fingerprint density at radius 3 is 1.62 bits per heavy atom. The van der Waals surface area contributed by atoms with E-state index >= 15 is 0 Å². The van der Waals surface area contributed by atoms with Gasteiger partial charge in [0.15, 0.2) is 0 Å². The van der Waals surface area contributed by atoms with Crippen molar-refractivity contribution in [2.45, 2.75) is 93.7 Å². The molecule has 2 N–H and O–H groups in total. The standard InChI is InChI=1S/C19H28Br4O5S/c20-12-5-9(6-13(21)17(12)24)19(10-7-14(22)18(25)15(23)8-10)11-3-1-2-4-16(11)29(26,27)28-19/h9-18,24-25H,1-8H2. The molecule has 5 nitrogen and oxygen atoms in total. The number of rotatable bonds is 2. The molecule has 0 amide bonds. The summed E-state index contributed by atoms with van der Waals surface area (Å²) in [6.45, 7) is 0. The van der Waals surface area contributed by atoms with Crippen LogP contribution in [-0.2, 0) is 14.3 Å². The van der Waals surface area contributed by atoms with Gasteiger partial charge >= 0.3 is 0 Å². The smallest absolute Gasteiger partial charge is 0.271 e. The van der Waals surface area contributed by atoms with Crippen LogP contribution in [0.15, 0.2) is 0 Å². The quantitative estimate of drug-likeness (QED) is 0.336. The minimum absolute atomic E-state index is 0.0159. The first-order valence-corrected chi connectivity index (χ1v) is 15.6. The van der Waals surface area contributed by atoms with Crippen molar-refractivity contribution >= 4 is 73.8 Å². The molecule has 3 aliphatic carbocycles. The molecule has 0 aromatic carbocycles. The van der Waals surface area contributed by atoms with Crippen molar-refractivity contribution in [1.29, 1.82) is 0 Å². The van der Waals surface area contributed by atoms with Gasteiger partial charge in [-0.2, -0.15) is 8.42 Å². The van der Waals surface area contributed by atoms with E-state index in [4.69, 9.17) is 4.18 Å². The predicted molar refractivity (Wildman–Crippen MR) is 127 cm³/mol. The number of alkyl halides is 4. The highest BCUT2D eigenvalue weighted by molar-refractivity contribution is 9.10. The van der Waals surface area contributed by atoms with Gasteiger partial charge in [-0.3, -0.25) is 4.18 Å². The first-order valence-electron chi connectivity index (χ1n) is 10.4. The second-order valence-electron chi connectivity index (χ2n) is 9.24. The zero-order chi connectivity index (χ0) is 21.1. The van der Waals surface area contributed by atoms with Crippen LogP contribution in [0.3, 0.4) is 0 Å². The summed E-state index contributed by atoms with van der Waals surface area (Å²) < 4.78 is 32.6. The molecule has 1 saturated heterocycles. The minimum atomic E-state index is -3.64. The average molecular weight is 688 g/mol. The van der Waals surface area contributed by atoms with Crippen LogP contribution in [0, 0.1) is 17.8 Å². The average Bonchev–Trinajstić information content (AvgIpc) is 2.92. The number of halogens is 4. The fourth-order valence-corrected chi connectivity index (χ4v) is 12.6. The van der Waals surface area contributed by atoms with Crippen LogP contribution in [-0.4, -0.2) is 61.0 Å². The molecule has 4 rings (SSSR count). The Morgan fingerprint density at radius 2 is 1.17 bits per heavy atom. The van der Waals surface area contributed by atoms with Gasteiger partial charge < -0.3 is 10.2 Å². The molecule has 1 heterocycles. The highest BCUT2D eigenvalue weighted by atomic mass is 79.9. The second-order valence-corrected chi connectivity index (χ2v) is 15.7. The first kappa shape index (κ1) is 23.9. The summed E-state index contributed by atoms with van der Waals surface area (Å²) in [5.41, 5.74) is -0.777. The maximum atomic E-state index is 13.2. The van der Waals surface area contributed by atoms with Crippen LogP contribution in [0.25, 0.3) is 0 Å². The molecule has 10 heteroatoms. The van der Waals surface area contributed by atoms with E-state index in [9.17, 15) is 18.6 Å². The van der Waals surface area contributed by atoms with Crippen molar-refractivity contribution in [3.8, 4) is 0 Å². The SMILES string of the molecule is O=S1(=O)OC(C2CC(Br)C(O)C(Br)C2)(C2CC(Br)C(O)C(Br)C2)C2CCCCC21. The van der Waals surface area contributed by atoms with Crippen molar-refractivity contribution < 1.29 is 22.8 Å². The van der Waals surface area contributed by atoms with E-state index in [1.165, 1.54) is 0 Å². The minimum Gasteiger partial charge on any atom is -0.391 e. The van der Waals surface area contributed by atoms with E-state index in [2.05, 4.69) is 63.7 Å². The molecule has 6 unspecified atom stereocenters. The molecule has 0 aromatic heterocycles. The van der Waals surface area contributed by atoms with Crippen molar-refractivity contribution in [1.82, 2.24) is 0 Å². The lowest BCUT2D eigenvalue weighted by molar-refractivity contribution is -0.103. The van der Waals surface area contributed by atoms with Gasteiger partial charge in [-0.05, 0) is 50.4 Å². The van der Waals surface area contributed by atoms with Crippen molar-refractivity contribution in [3.05, 3.63) is 0 Å². The highest BCUT2D eigenvalue weighted by Crippen LogP contribution is 2.60. The molecule has 3 saturated carbocycles. The summed E-state index contributed by atoms with van der Waals surface area (Å²) in [5, 5.41) is 20.5. The number of aliphatic hydroxyl groups excluding tert-OH is 2. The van der Waals surface area contributed by atoms with Crippen molar-refractivity contribution in [3.63, 3.8) is 0 Å². The lowest BCUT2D eigenvalue weighted by Gasteiger charge is -2.52. The summed E-state index contributed by atoms with van der Waals surface area (Å²) >= 11 is 14.5. The maximum absolute atomic E-state index is 13.2. The van der Waals surface area contributed by atoms with Crippen molar-refractivity contribution in [2.24, 2.45) is 17.8 Å². The van der Waals surface area contributed by atoms with Gasteiger partial charge in [-0.25, -0.2) is 0 Å². The Hall–Kier alpha value is 1.75.